The van der Waals surface area contributed by atoms with Crippen LogP contribution in [0.15, 0.2) is 0 Å². The van der Waals surface area contributed by atoms with Gasteiger partial charge in [-0.1, -0.05) is 20.8 Å². The predicted octanol–water partition coefficient (Wildman–Crippen LogP) is 2.50. The van der Waals surface area contributed by atoms with Crippen LogP contribution in [0.25, 0.3) is 0 Å². The Morgan fingerprint density at radius 2 is 0.636 bits per heavy atom. The molecule has 4 heteroatoms. The van der Waals surface area contributed by atoms with Gasteiger partial charge in [0.15, 0.2) is 0 Å². The molecule has 0 amide bonds. The third-order valence-corrected chi connectivity index (χ3v) is 5.98. The van der Waals surface area contributed by atoms with Gasteiger partial charge >= 0.3 is 0 Å². The number of nitrogens with zero attached hydrogens (tertiary/aromatic N) is 1. The molecule has 0 aliphatic heterocycles. The summed E-state index contributed by atoms with van der Waals surface area (Å²) in [5.74, 6) is 0.354. The van der Waals surface area contributed by atoms with E-state index in [9.17, 15) is 15.3 Å². The van der Waals surface area contributed by atoms with Crippen LogP contribution >= 0.6 is 0 Å². The topological polar surface area (TPSA) is 63.9 Å². The molecule has 0 aliphatic rings. The van der Waals surface area contributed by atoms with E-state index in [1.807, 2.05) is 20.8 Å². The van der Waals surface area contributed by atoms with Crippen LogP contribution in [0.4, 0.5) is 0 Å². The summed E-state index contributed by atoms with van der Waals surface area (Å²) in [6.45, 7) is 18.0. The summed E-state index contributed by atoms with van der Waals surface area (Å²) in [6, 6.07) is 0.479. The van der Waals surface area contributed by atoms with Gasteiger partial charge in [-0.25, -0.2) is 0 Å². The fourth-order valence-electron chi connectivity index (χ4n) is 3.14. The normalized spacial score (nSPS) is 25.0. The van der Waals surface area contributed by atoms with Crippen LogP contribution < -0.4 is 0 Å². The molecule has 3 N–H and O–H groups in total. The fraction of sp³-hybridized carbons (Fsp3) is 1.00. The molecule has 0 aromatic rings. The predicted molar refractivity (Wildman–Crippen MR) is 92.8 cm³/mol. The van der Waals surface area contributed by atoms with Crippen LogP contribution in [0.5, 0.6) is 0 Å². The van der Waals surface area contributed by atoms with Crippen LogP contribution in [0.1, 0.15) is 62.3 Å². The van der Waals surface area contributed by atoms with E-state index in [4.69, 9.17) is 0 Å². The zero-order valence-corrected chi connectivity index (χ0v) is 16.0. The van der Waals surface area contributed by atoms with Gasteiger partial charge in [-0.05, 0) is 59.3 Å². The van der Waals surface area contributed by atoms with Gasteiger partial charge in [0.05, 0.1) is 18.3 Å². The van der Waals surface area contributed by atoms with E-state index in [0.717, 1.165) is 0 Å². The minimum absolute atomic E-state index is 0.118. The lowest BCUT2D eigenvalue weighted by Crippen LogP contribution is -2.56. The molecule has 0 rings (SSSR count). The van der Waals surface area contributed by atoms with E-state index >= 15 is 0 Å². The zero-order valence-electron chi connectivity index (χ0n) is 16.0. The minimum atomic E-state index is -0.388. The highest BCUT2D eigenvalue weighted by Crippen LogP contribution is 2.28. The van der Waals surface area contributed by atoms with Gasteiger partial charge in [0.1, 0.15) is 0 Å². The summed E-state index contributed by atoms with van der Waals surface area (Å²) in [4.78, 5) is 2.37. The van der Waals surface area contributed by atoms with Crippen molar-refractivity contribution in [2.75, 3.05) is 0 Å². The van der Waals surface area contributed by atoms with Gasteiger partial charge in [-0.2, -0.15) is 0 Å². The van der Waals surface area contributed by atoms with Crippen molar-refractivity contribution >= 4 is 0 Å². The highest BCUT2D eigenvalue weighted by molar-refractivity contribution is 4.89. The highest BCUT2D eigenvalue weighted by Gasteiger charge is 2.36. The highest BCUT2D eigenvalue weighted by atomic mass is 16.3. The van der Waals surface area contributed by atoms with Gasteiger partial charge in [0, 0.05) is 18.1 Å². The number of hydrogen-bond acceptors (Lipinski definition) is 4. The molecule has 0 heterocycles. The summed E-state index contributed by atoms with van der Waals surface area (Å²) in [6.07, 6.45) is -1.16. The molecule has 9 atom stereocenters. The van der Waals surface area contributed by atoms with E-state index in [1.54, 1.807) is 0 Å². The first-order valence-corrected chi connectivity index (χ1v) is 8.75. The second-order valence-electron chi connectivity index (χ2n) is 7.47. The first-order chi connectivity index (χ1) is 9.93. The minimum Gasteiger partial charge on any atom is -0.393 e. The Bertz CT molecular complexity index is 259. The molecule has 134 valence electrons. The lowest BCUT2D eigenvalue weighted by molar-refractivity contribution is -0.0416. The molecule has 0 spiro atoms. The lowest BCUT2D eigenvalue weighted by atomic mass is 9.86. The second kappa shape index (κ2) is 9.21. The van der Waals surface area contributed by atoms with Gasteiger partial charge in [0.2, 0.25) is 0 Å². The van der Waals surface area contributed by atoms with Gasteiger partial charge < -0.3 is 15.3 Å². The summed E-state index contributed by atoms with van der Waals surface area (Å²) in [5.41, 5.74) is 0. The third kappa shape index (κ3) is 5.48. The summed E-state index contributed by atoms with van der Waals surface area (Å²) in [7, 11) is 0. The zero-order chi connectivity index (χ0) is 17.8. The Labute approximate surface area is 137 Å². The van der Waals surface area contributed by atoms with Crippen molar-refractivity contribution in [1.29, 1.82) is 0 Å². The lowest BCUT2D eigenvalue weighted by Gasteiger charge is -2.47. The van der Waals surface area contributed by atoms with E-state index in [-0.39, 0.29) is 54.2 Å². The van der Waals surface area contributed by atoms with Crippen molar-refractivity contribution < 1.29 is 15.3 Å². The van der Waals surface area contributed by atoms with Crippen LogP contribution in [0.3, 0.4) is 0 Å². The molecule has 0 bridgehead atoms. The molecule has 4 nitrogen and oxygen atoms in total. The number of rotatable bonds is 9. The number of hydrogen-bond donors (Lipinski definition) is 3. The summed E-state index contributed by atoms with van der Waals surface area (Å²) < 4.78 is 0. The van der Waals surface area contributed by atoms with E-state index in [0.29, 0.717) is 0 Å². The van der Waals surface area contributed by atoms with Crippen LogP contribution in [-0.2, 0) is 0 Å². The molecule has 0 aromatic carbocycles. The first kappa shape index (κ1) is 21.8. The Kier molecular flexibility index (Phi) is 9.15. The summed E-state index contributed by atoms with van der Waals surface area (Å²) in [5, 5.41) is 29.9. The van der Waals surface area contributed by atoms with Crippen molar-refractivity contribution in [3.8, 4) is 0 Å². The summed E-state index contributed by atoms with van der Waals surface area (Å²) >= 11 is 0. The van der Waals surface area contributed by atoms with Crippen molar-refractivity contribution in [1.82, 2.24) is 4.90 Å². The molecule has 0 aromatic heterocycles. The molecule has 0 radical (unpaired) electrons. The van der Waals surface area contributed by atoms with Crippen LogP contribution in [0, 0.1) is 17.8 Å². The maximum absolute atomic E-state index is 9.97. The molecular formula is C18H39NO3. The molecule has 0 saturated carbocycles. The Morgan fingerprint density at radius 3 is 0.773 bits per heavy atom. The molecule has 9 unspecified atom stereocenters. The first-order valence-electron chi connectivity index (χ1n) is 8.75. The SMILES string of the molecule is CC(O)C(C)C(C)N(C(C)C(C)C(C)O)C(C)C(C)C(C)O. The number of aliphatic hydroxyl groups is 3. The van der Waals surface area contributed by atoms with Gasteiger partial charge in [-0.15, -0.1) is 0 Å². The van der Waals surface area contributed by atoms with Crippen molar-refractivity contribution in [2.24, 2.45) is 17.8 Å². The van der Waals surface area contributed by atoms with Gasteiger partial charge in [0.25, 0.3) is 0 Å². The van der Waals surface area contributed by atoms with E-state index < -0.39 is 0 Å². The average Bonchev–Trinajstić information content (AvgIpc) is 2.43. The fourth-order valence-corrected chi connectivity index (χ4v) is 3.14. The van der Waals surface area contributed by atoms with Crippen molar-refractivity contribution in [3.05, 3.63) is 0 Å². The molecule has 0 saturated heterocycles. The van der Waals surface area contributed by atoms with Crippen molar-refractivity contribution in [3.63, 3.8) is 0 Å². The standard InChI is InChI=1S/C18H39NO3/c1-10(16(7)20)13(4)19(14(5)11(2)17(8)21)15(6)12(3)18(9)22/h10-18,20-22H,1-9H3. The Morgan fingerprint density at radius 1 is 0.455 bits per heavy atom. The molecule has 0 fully saturated rings. The Hall–Kier alpha value is -0.160. The molecular weight excluding hydrogens is 278 g/mol. The maximum atomic E-state index is 9.97. The van der Waals surface area contributed by atoms with E-state index in [2.05, 4.69) is 46.4 Å². The van der Waals surface area contributed by atoms with E-state index in [1.165, 1.54) is 0 Å². The maximum Gasteiger partial charge on any atom is 0.0552 e. The van der Waals surface area contributed by atoms with Crippen LogP contribution in [-0.4, -0.2) is 56.7 Å². The Balaban J connectivity index is 5.48. The quantitative estimate of drug-likeness (QED) is 0.611. The molecule has 22 heavy (non-hydrogen) atoms. The number of aliphatic hydroxyl groups excluding tert-OH is 3. The van der Waals surface area contributed by atoms with Crippen molar-refractivity contribution in [2.45, 2.75) is 98.8 Å². The average molecular weight is 318 g/mol. The monoisotopic (exact) mass is 317 g/mol. The second-order valence-corrected chi connectivity index (χ2v) is 7.47. The molecule has 0 aliphatic carbocycles. The third-order valence-electron chi connectivity index (χ3n) is 5.98. The van der Waals surface area contributed by atoms with Crippen LogP contribution in [0.2, 0.25) is 0 Å². The smallest absolute Gasteiger partial charge is 0.0552 e. The largest absolute Gasteiger partial charge is 0.393 e. The van der Waals surface area contributed by atoms with Gasteiger partial charge in [-0.3, -0.25) is 4.90 Å².